The van der Waals surface area contributed by atoms with E-state index < -0.39 is 23.7 Å². The van der Waals surface area contributed by atoms with Crippen molar-refractivity contribution < 1.29 is 24.2 Å². The van der Waals surface area contributed by atoms with Gasteiger partial charge in [0, 0.05) is 17.7 Å². The smallest absolute Gasteiger partial charge is 0.323 e. The van der Waals surface area contributed by atoms with Crippen LogP contribution in [0.3, 0.4) is 0 Å². The zero-order chi connectivity index (χ0) is 28.4. The number of aliphatic hydroxyl groups excluding tert-OH is 1. The molecule has 5 rings (SSSR count). The van der Waals surface area contributed by atoms with Crippen molar-refractivity contribution >= 4 is 23.4 Å². The number of nitrogens with two attached hydrogens (primary N) is 1. The van der Waals surface area contributed by atoms with Crippen LogP contribution in [0.5, 0.6) is 5.75 Å². The van der Waals surface area contributed by atoms with Crippen LogP contribution in [-0.4, -0.2) is 47.0 Å². The van der Waals surface area contributed by atoms with E-state index >= 15 is 0 Å². The zero-order valence-electron chi connectivity index (χ0n) is 22.3. The van der Waals surface area contributed by atoms with Gasteiger partial charge in [0.2, 0.25) is 5.54 Å². The summed E-state index contributed by atoms with van der Waals surface area (Å²) in [5.41, 5.74) is 9.53. The van der Waals surface area contributed by atoms with Crippen LogP contribution in [0.4, 0.5) is 4.79 Å². The summed E-state index contributed by atoms with van der Waals surface area (Å²) in [6, 6.07) is 11.9. The number of hydrogen-bond donors (Lipinski definition) is 4. The maximum Gasteiger partial charge on any atom is 0.323 e. The summed E-state index contributed by atoms with van der Waals surface area (Å²) in [5, 5.41) is 14.6. The second kappa shape index (κ2) is 10.8. The van der Waals surface area contributed by atoms with Gasteiger partial charge in [-0.1, -0.05) is 60.7 Å². The molecule has 3 aliphatic rings. The van der Waals surface area contributed by atoms with Gasteiger partial charge in [-0.15, -0.1) is 0 Å². The number of carbonyl (C=O) groups is 3. The molecule has 2 aromatic carbocycles. The SMILES string of the molecule is CCC1=CC(C#CC2(CN3Cc4ccc(OC)cc4C3=O)NC(=O)NC2=O)=CC(c2ccc(C(N)O)cc2)=CC1. The minimum Gasteiger partial charge on any atom is -0.497 e. The van der Waals surface area contributed by atoms with Crippen molar-refractivity contribution in [1.29, 1.82) is 0 Å². The van der Waals surface area contributed by atoms with Gasteiger partial charge in [0.05, 0.1) is 13.7 Å². The van der Waals surface area contributed by atoms with E-state index in [1.807, 2.05) is 30.4 Å². The van der Waals surface area contributed by atoms with Gasteiger partial charge in [-0.25, -0.2) is 4.79 Å². The maximum atomic E-state index is 13.2. The minimum atomic E-state index is -1.62. The number of methoxy groups -OCH3 is 1. The Kier molecular flexibility index (Phi) is 7.30. The Bertz CT molecular complexity index is 1540. The van der Waals surface area contributed by atoms with E-state index in [-0.39, 0.29) is 19.0 Å². The minimum absolute atomic E-state index is 0.114. The molecule has 1 saturated heterocycles. The quantitative estimate of drug-likeness (QED) is 0.254. The van der Waals surface area contributed by atoms with Crippen LogP contribution in [0, 0.1) is 11.8 Å². The number of fused-ring (bicyclic) bond motifs is 1. The summed E-state index contributed by atoms with van der Waals surface area (Å²) in [6.45, 7) is 2.23. The van der Waals surface area contributed by atoms with Crippen molar-refractivity contribution in [2.75, 3.05) is 13.7 Å². The molecule has 5 N–H and O–H groups in total. The number of allylic oxidation sites excluding steroid dienone is 6. The van der Waals surface area contributed by atoms with Gasteiger partial charge < -0.3 is 25.8 Å². The van der Waals surface area contributed by atoms with Crippen molar-refractivity contribution in [3.63, 3.8) is 0 Å². The third kappa shape index (κ3) is 5.27. The van der Waals surface area contributed by atoms with Crippen molar-refractivity contribution in [2.45, 2.75) is 38.1 Å². The number of nitrogens with one attached hydrogen (secondary N) is 2. The monoisotopic (exact) mass is 538 g/mol. The molecular formula is C31H30N4O5. The first-order valence-electron chi connectivity index (χ1n) is 13.0. The number of hydrogen-bond acceptors (Lipinski definition) is 6. The van der Waals surface area contributed by atoms with E-state index in [1.54, 1.807) is 24.3 Å². The molecule has 0 saturated carbocycles. The topological polar surface area (TPSA) is 134 Å². The number of aliphatic hydroxyl groups is 1. The van der Waals surface area contributed by atoms with Crippen molar-refractivity contribution in [3.05, 3.63) is 94.1 Å². The lowest BCUT2D eigenvalue weighted by molar-refractivity contribution is -0.122. The number of nitrogens with zero attached hydrogens (tertiary/aromatic N) is 1. The summed E-state index contributed by atoms with van der Waals surface area (Å²) < 4.78 is 5.25. The molecule has 2 atom stereocenters. The molecule has 2 heterocycles. The van der Waals surface area contributed by atoms with Gasteiger partial charge >= 0.3 is 6.03 Å². The van der Waals surface area contributed by atoms with E-state index in [0.29, 0.717) is 22.4 Å². The first-order chi connectivity index (χ1) is 19.2. The summed E-state index contributed by atoms with van der Waals surface area (Å²) in [5.74, 6) is 5.82. The Balaban J connectivity index is 1.47. The van der Waals surface area contributed by atoms with E-state index in [9.17, 15) is 19.5 Å². The molecule has 40 heavy (non-hydrogen) atoms. The third-order valence-corrected chi connectivity index (χ3v) is 7.28. The predicted molar refractivity (Wildman–Crippen MR) is 150 cm³/mol. The van der Waals surface area contributed by atoms with Crippen molar-refractivity contribution in [1.82, 2.24) is 15.5 Å². The van der Waals surface area contributed by atoms with E-state index in [2.05, 4.69) is 35.5 Å². The Morgan fingerprint density at radius 2 is 1.93 bits per heavy atom. The van der Waals surface area contributed by atoms with Crippen LogP contribution >= 0.6 is 0 Å². The van der Waals surface area contributed by atoms with Crippen LogP contribution in [0.15, 0.2) is 71.8 Å². The molecule has 1 fully saturated rings. The van der Waals surface area contributed by atoms with Crippen molar-refractivity contribution in [2.24, 2.45) is 5.73 Å². The molecule has 1 aliphatic carbocycles. The molecule has 0 bridgehead atoms. The highest BCUT2D eigenvalue weighted by Crippen LogP contribution is 2.29. The normalized spacial score (nSPS) is 20.8. The van der Waals surface area contributed by atoms with Crippen molar-refractivity contribution in [3.8, 4) is 17.6 Å². The summed E-state index contributed by atoms with van der Waals surface area (Å²) in [7, 11) is 1.53. The summed E-state index contributed by atoms with van der Waals surface area (Å²) in [4.78, 5) is 40.0. The Morgan fingerprint density at radius 3 is 2.58 bits per heavy atom. The molecule has 0 spiro atoms. The van der Waals surface area contributed by atoms with E-state index in [0.717, 1.165) is 35.1 Å². The fourth-order valence-electron chi connectivity index (χ4n) is 4.97. The average Bonchev–Trinajstić information content (AvgIpc) is 3.30. The van der Waals surface area contributed by atoms with Crippen LogP contribution in [0.2, 0.25) is 0 Å². The molecule has 204 valence electrons. The highest BCUT2D eigenvalue weighted by molar-refractivity contribution is 6.10. The molecule has 2 aliphatic heterocycles. The molecular weight excluding hydrogens is 508 g/mol. The Morgan fingerprint density at radius 1 is 1.15 bits per heavy atom. The molecule has 9 heteroatoms. The third-order valence-electron chi connectivity index (χ3n) is 7.28. The number of carbonyl (C=O) groups excluding carboxylic acids is 3. The van der Waals surface area contributed by atoms with Gasteiger partial charge in [0.25, 0.3) is 11.8 Å². The fraction of sp³-hybridized carbons (Fsp3) is 0.258. The first-order valence-corrected chi connectivity index (χ1v) is 13.0. The fourth-order valence-corrected chi connectivity index (χ4v) is 4.97. The maximum absolute atomic E-state index is 13.2. The highest BCUT2D eigenvalue weighted by atomic mass is 16.5. The molecule has 4 amide bonds. The molecule has 0 aromatic heterocycles. The Hall–Kier alpha value is -4.65. The number of benzene rings is 2. The van der Waals surface area contributed by atoms with E-state index in [1.165, 1.54) is 12.0 Å². The number of imide groups is 1. The number of amides is 4. The van der Waals surface area contributed by atoms with Crippen LogP contribution in [-0.2, 0) is 11.3 Å². The molecule has 2 aromatic rings. The van der Waals surface area contributed by atoms with Gasteiger partial charge in [-0.2, -0.15) is 0 Å². The molecule has 2 unspecified atom stereocenters. The van der Waals surface area contributed by atoms with Crippen LogP contribution in [0.1, 0.15) is 53.0 Å². The second-order valence-corrected chi connectivity index (χ2v) is 9.93. The lowest BCUT2D eigenvalue weighted by atomic mass is 9.98. The predicted octanol–water partition coefficient (Wildman–Crippen LogP) is 2.93. The number of urea groups is 1. The standard InChI is InChI=1S/C31H30N4O5/c1-3-19-4-5-23(21-6-8-22(9-7-21)27(32)36)15-20(14-19)12-13-31(29(38)33-30(39)34-31)18-35-17-24-10-11-25(40-2)16-26(24)28(35)37/h5-11,14-16,27,36H,3-4,17-18,32H2,1-2H3,(H2,33,34,38,39). The van der Waals surface area contributed by atoms with Crippen LogP contribution in [0.25, 0.3) is 5.57 Å². The second-order valence-electron chi connectivity index (χ2n) is 9.93. The lowest BCUT2D eigenvalue weighted by Crippen LogP contribution is -2.54. The first kappa shape index (κ1) is 26.9. The lowest BCUT2D eigenvalue weighted by Gasteiger charge is -2.26. The van der Waals surface area contributed by atoms with Gasteiger partial charge in [-0.05, 0) is 59.4 Å². The zero-order valence-corrected chi connectivity index (χ0v) is 22.3. The Labute approximate surface area is 232 Å². The van der Waals surface area contributed by atoms with E-state index in [4.69, 9.17) is 10.5 Å². The average molecular weight is 539 g/mol. The number of rotatable bonds is 6. The molecule has 9 nitrogen and oxygen atoms in total. The highest BCUT2D eigenvalue weighted by Gasteiger charge is 2.48. The molecule has 0 radical (unpaired) electrons. The van der Waals surface area contributed by atoms with Gasteiger partial charge in [-0.3, -0.25) is 14.9 Å². The van der Waals surface area contributed by atoms with Gasteiger partial charge in [0.15, 0.2) is 0 Å². The summed E-state index contributed by atoms with van der Waals surface area (Å²) >= 11 is 0. The number of ether oxygens (including phenoxy) is 1. The summed E-state index contributed by atoms with van der Waals surface area (Å²) in [6.07, 6.45) is 6.50. The largest absolute Gasteiger partial charge is 0.497 e. The van der Waals surface area contributed by atoms with Gasteiger partial charge in [0.1, 0.15) is 12.0 Å². The van der Waals surface area contributed by atoms with Crippen LogP contribution < -0.4 is 21.1 Å².